The van der Waals surface area contributed by atoms with Gasteiger partial charge >= 0.3 is 0 Å². The zero-order valence-corrected chi connectivity index (χ0v) is 19.1. The summed E-state index contributed by atoms with van der Waals surface area (Å²) in [6.45, 7) is -0.157. The maximum absolute atomic E-state index is 13.8. The van der Waals surface area contributed by atoms with Crippen LogP contribution in [0, 0.1) is 35.5 Å². The molecule has 1 aliphatic heterocycles. The lowest BCUT2D eigenvalue weighted by atomic mass is 9.63. The number of amides is 3. The van der Waals surface area contributed by atoms with Crippen LogP contribution in [0.25, 0.3) is 0 Å². The van der Waals surface area contributed by atoms with Crippen LogP contribution in [0.4, 0.5) is 5.69 Å². The smallest absolute Gasteiger partial charge is 0.260 e. The highest BCUT2D eigenvalue weighted by Gasteiger charge is 2.67. The molecule has 1 saturated heterocycles. The third kappa shape index (κ3) is 2.99. The van der Waals surface area contributed by atoms with Crippen molar-refractivity contribution in [3.8, 4) is 11.5 Å². The molecule has 2 bridgehead atoms. The quantitative estimate of drug-likeness (QED) is 0.490. The molecule has 174 valence electrons. The molecule has 6 atom stereocenters. The monoisotopic (exact) mass is 458 g/mol. The maximum atomic E-state index is 13.8. The topological polar surface area (TPSA) is 76.2 Å². The summed E-state index contributed by atoms with van der Waals surface area (Å²) in [6.07, 6.45) is 5.40. The molecule has 1 heterocycles. The molecule has 0 aromatic heterocycles. The highest BCUT2D eigenvalue weighted by atomic mass is 16.5. The van der Waals surface area contributed by atoms with Crippen LogP contribution in [0.15, 0.2) is 60.7 Å². The molecule has 3 amide bonds. The molecule has 3 fully saturated rings. The molecule has 34 heavy (non-hydrogen) atoms. The van der Waals surface area contributed by atoms with Gasteiger partial charge in [0.15, 0.2) is 0 Å². The van der Waals surface area contributed by atoms with Gasteiger partial charge in [0.05, 0.1) is 31.7 Å². The van der Waals surface area contributed by atoms with Crippen LogP contribution in [0.3, 0.4) is 0 Å². The number of allylic oxidation sites excluding steroid dienone is 2. The van der Waals surface area contributed by atoms with Crippen LogP contribution in [0.5, 0.6) is 11.5 Å². The van der Waals surface area contributed by atoms with E-state index >= 15 is 0 Å². The molecule has 2 aromatic rings. The Morgan fingerprint density at radius 3 is 2.26 bits per heavy atom. The van der Waals surface area contributed by atoms with Gasteiger partial charge in [-0.3, -0.25) is 24.2 Å². The fourth-order valence-corrected chi connectivity index (χ4v) is 6.31. The number of rotatable bonds is 6. The Labute approximate surface area is 197 Å². The van der Waals surface area contributed by atoms with Gasteiger partial charge in [-0.2, -0.15) is 0 Å². The molecule has 7 nitrogen and oxygen atoms in total. The van der Waals surface area contributed by atoms with Gasteiger partial charge in [0, 0.05) is 5.56 Å². The van der Waals surface area contributed by atoms with E-state index in [2.05, 4.69) is 12.2 Å². The molecular formula is C27H26N2O5. The Balaban J connectivity index is 1.37. The van der Waals surface area contributed by atoms with E-state index in [0.29, 0.717) is 34.6 Å². The summed E-state index contributed by atoms with van der Waals surface area (Å²) in [7, 11) is 3.07. The van der Waals surface area contributed by atoms with Crippen molar-refractivity contribution in [3.05, 3.63) is 66.2 Å². The minimum absolute atomic E-state index is 0.134. The van der Waals surface area contributed by atoms with Gasteiger partial charge in [-0.25, -0.2) is 0 Å². The lowest BCUT2D eigenvalue weighted by Crippen LogP contribution is -2.45. The van der Waals surface area contributed by atoms with E-state index < -0.39 is 0 Å². The van der Waals surface area contributed by atoms with Crippen molar-refractivity contribution >= 4 is 23.4 Å². The Kier molecular flexibility index (Phi) is 4.76. The largest absolute Gasteiger partial charge is 0.497 e. The summed E-state index contributed by atoms with van der Waals surface area (Å²) in [5, 5.41) is 0. The Morgan fingerprint density at radius 2 is 1.62 bits per heavy atom. The van der Waals surface area contributed by atoms with E-state index in [1.807, 2.05) is 6.07 Å². The number of benzene rings is 2. The molecule has 7 heteroatoms. The first-order valence-electron chi connectivity index (χ1n) is 11.7. The molecule has 0 radical (unpaired) electrons. The summed E-state index contributed by atoms with van der Waals surface area (Å²) in [6, 6.07) is 14.0. The second-order valence-electron chi connectivity index (χ2n) is 9.54. The van der Waals surface area contributed by atoms with Gasteiger partial charge < -0.3 is 9.47 Å². The predicted octanol–water partition coefficient (Wildman–Crippen LogP) is 3.36. The summed E-state index contributed by atoms with van der Waals surface area (Å²) < 4.78 is 10.8. The van der Waals surface area contributed by atoms with Gasteiger partial charge in [0.2, 0.25) is 11.8 Å². The number of ether oxygens (including phenoxy) is 2. The van der Waals surface area contributed by atoms with Crippen molar-refractivity contribution in [2.75, 3.05) is 25.8 Å². The highest BCUT2D eigenvalue weighted by molar-refractivity contribution is 6.10. The van der Waals surface area contributed by atoms with Gasteiger partial charge in [-0.15, -0.1) is 0 Å². The summed E-state index contributed by atoms with van der Waals surface area (Å²) in [4.78, 5) is 43.6. The SMILES string of the molecule is COc1cccc(C(=O)N(CN2C(=O)C3C4C=CC(C5CC45)C3C2=O)c2ccccc2OC)c1. The zero-order chi connectivity index (χ0) is 23.6. The number of carbonyl (C=O) groups is 3. The standard InChI is InChI=1S/C27H26N2O5/c1-33-16-7-5-6-15(12-16)25(30)28(21-8-3-4-9-22(21)34-2)14-29-26(31)23-17-10-11-18(20-13-19(17)20)24(23)27(29)32/h3-12,17-20,23-24H,13-14H2,1-2H3. The maximum Gasteiger partial charge on any atom is 0.260 e. The first-order chi connectivity index (χ1) is 16.5. The number of para-hydroxylation sites is 2. The lowest BCUT2D eigenvalue weighted by molar-refractivity contribution is -0.140. The molecule has 6 unspecified atom stereocenters. The first kappa shape index (κ1) is 21.0. The summed E-state index contributed by atoms with van der Waals surface area (Å²) in [5.41, 5.74) is 0.891. The van der Waals surface area contributed by atoms with Crippen LogP contribution in [-0.4, -0.2) is 43.5 Å². The number of nitrogens with zero attached hydrogens (tertiary/aromatic N) is 2. The minimum atomic E-state index is -0.345. The molecule has 2 aromatic carbocycles. The molecule has 7 rings (SSSR count). The zero-order valence-electron chi connectivity index (χ0n) is 19.1. The van der Waals surface area contributed by atoms with Crippen LogP contribution in [0.2, 0.25) is 0 Å². The Bertz CT molecular complexity index is 1190. The van der Waals surface area contributed by atoms with Gasteiger partial charge in [0.1, 0.15) is 18.2 Å². The van der Waals surface area contributed by atoms with E-state index in [-0.39, 0.29) is 48.1 Å². The van der Waals surface area contributed by atoms with Crippen LogP contribution >= 0.6 is 0 Å². The number of imide groups is 1. The molecule has 0 spiro atoms. The highest BCUT2D eigenvalue weighted by Crippen LogP contribution is 2.65. The van der Waals surface area contributed by atoms with Crippen molar-refractivity contribution in [3.63, 3.8) is 0 Å². The van der Waals surface area contributed by atoms with Crippen LogP contribution < -0.4 is 14.4 Å². The summed E-state index contributed by atoms with van der Waals surface area (Å²) >= 11 is 0. The van der Waals surface area contributed by atoms with E-state index in [1.165, 1.54) is 24.0 Å². The Hall–Kier alpha value is -3.61. The Morgan fingerprint density at radius 1 is 0.941 bits per heavy atom. The number of hydrogen-bond donors (Lipinski definition) is 0. The second kappa shape index (κ2) is 7.72. The van der Waals surface area contributed by atoms with Crippen molar-refractivity contribution in [2.24, 2.45) is 35.5 Å². The molecular weight excluding hydrogens is 432 g/mol. The molecule has 0 N–H and O–H groups in total. The van der Waals surface area contributed by atoms with Gasteiger partial charge in [-0.05, 0) is 60.4 Å². The van der Waals surface area contributed by atoms with Crippen molar-refractivity contribution in [1.29, 1.82) is 0 Å². The fraction of sp³-hybridized carbons (Fsp3) is 0.370. The number of likely N-dealkylation sites (tertiary alicyclic amines) is 1. The molecule has 5 aliphatic rings. The minimum Gasteiger partial charge on any atom is -0.497 e. The van der Waals surface area contributed by atoms with Crippen molar-refractivity contribution in [2.45, 2.75) is 6.42 Å². The fourth-order valence-electron chi connectivity index (χ4n) is 6.31. The van der Waals surface area contributed by atoms with E-state index in [4.69, 9.17) is 9.47 Å². The average Bonchev–Trinajstić information content (AvgIpc) is 3.67. The van der Waals surface area contributed by atoms with Crippen molar-refractivity contribution in [1.82, 2.24) is 4.90 Å². The summed E-state index contributed by atoms with van der Waals surface area (Å²) in [5.74, 6) is 1.05. The third-order valence-corrected chi connectivity index (χ3v) is 7.97. The third-order valence-electron chi connectivity index (χ3n) is 7.97. The van der Waals surface area contributed by atoms with Gasteiger partial charge in [0.25, 0.3) is 5.91 Å². The molecule has 2 saturated carbocycles. The van der Waals surface area contributed by atoms with E-state index in [1.54, 1.807) is 42.5 Å². The van der Waals surface area contributed by atoms with Gasteiger partial charge in [-0.1, -0.05) is 30.4 Å². The first-order valence-corrected chi connectivity index (χ1v) is 11.7. The number of hydrogen-bond acceptors (Lipinski definition) is 5. The normalized spacial score (nSPS) is 30.1. The average molecular weight is 459 g/mol. The predicted molar refractivity (Wildman–Crippen MR) is 124 cm³/mol. The lowest BCUT2D eigenvalue weighted by Gasteiger charge is -2.37. The second-order valence-corrected chi connectivity index (χ2v) is 9.54. The number of methoxy groups -OCH3 is 2. The van der Waals surface area contributed by atoms with E-state index in [0.717, 1.165) is 6.42 Å². The van der Waals surface area contributed by atoms with Crippen LogP contribution in [0.1, 0.15) is 16.8 Å². The van der Waals surface area contributed by atoms with Crippen LogP contribution in [-0.2, 0) is 9.59 Å². The van der Waals surface area contributed by atoms with E-state index in [9.17, 15) is 14.4 Å². The molecule has 4 aliphatic carbocycles. The number of anilines is 1. The van der Waals surface area contributed by atoms with Crippen molar-refractivity contribution < 1.29 is 23.9 Å². The number of carbonyl (C=O) groups excluding carboxylic acids is 3.